The molecule has 0 saturated heterocycles. The molecule has 1 aliphatic heterocycles. The number of hydrogen-bond donors (Lipinski definition) is 1. The fourth-order valence-corrected chi connectivity index (χ4v) is 5.29. The topological polar surface area (TPSA) is 97.9 Å². The summed E-state index contributed by atoms with van der Waals surface area (Å²) in [6, 6.07) is 16.6. The number of pyridine rings is 1. The number of hydrogen-bond acceptors (Lipinski definition) is 6. The third kappa shape index (κ3) is 4.58. The Bertz CT molecular complexity index is 1570. The maximum atomic E-state index is 13.6. The molecule has 1 aromatic heterocycles. The van der Waals surface area contributed by atoms with Crippen molar-refractivity contribution in [1.82, 2.24) is 9.29 Å². The van der Waals surface area contributed by atoms with Crippen molar-refractivity contribution in [3.8, 4) is 17.2 Å². The number of H-pyrrole nitrogens is 1. The second-order valence-corrected chi connectivity index (χ2v) is 9.93. The van der Waals surface area contributed by atoms with E-state index in [1.165, 1.54) is 23.5 Å². The van der Waals surface area contributed by atoms with E-state index in [0.717, 1.165) is 17.5 Å². The van der Waals surface area contributed by atoms with E-state index in [4.69, 9.17) is 14.2 Å². The number of aromatic nitrogens is 1. The van der Waals surface area contributed by atoms with Crippen LogP contribution in [-0.4, -0.2) is 31.6 Å². The van der Waals surface area contributed by atoms with Gasteiger partial charge in [0.1, 0.15) is 11.6 Å². The van der Waals surface area contributed by atoms with Crippen LogP contribution < -0.4 is 19.8 Å². The molecule has 35 heavy (non-hydrogen) atoms. The summed E-state index contributed by atoms with van der Waals surface area (Å²) in [5, 5.41) is 0.725. The number of nitrogens with one attached hydrogen (secondary N) is 1. The first-order chi connectivity index (χ1) is 16.8. The maximum Gasteiger partial charge on any atom is 0.252 e. The monoisotopic (exact) mass is 496 g/mol. The first-order valence-electron chi connectivity index (χ1n) is 10.7. The highest BCUT2D eigenvalue weighted by Gasteiger charge is 2.27. The molecule has 0 atom stereocenters. The van der Waals surface area contributed by atoms with Gasteiger partial charge in [-0.2, -0.15) is 4.31 Å². The van der Waals surface area contributed by atoms with Crippen molar-refractivity contribution in [3.05, 3.63) is 94.0 Å². The van der Waals surface area contributed by atoms with Gasteiger partial charge in [-0.3, -0.25) is 4.79 Å². The van der Waals surface area contributed by atoms with Crippen LogP contribution in [0.4, 0.5) is 4.39 Å². The van der Waals surface area contributed by atoms with E-state index in [1.807, 2.05) is 0 Å². The first kappa shape index (κ1) is 22.9. The molecule has 0 fully saturated rings. The quantitative estimate of drug-likeness (QED) is 0.418. The fourth-order valence-electron chi connectivity index (χ4n) is 3.88. The summed E-state index contributed by atoms with van der Waals surface area (Å²) in [6.45, 7) is -0.157. The van der Waals surface area contributed by atoms with Gasteiger partial charge in [0.2, 0.25) is 16.8 Å². The normalized spacial score (nSPS) is 12.9. The summed E-state index contributed by atoms with van der Waals surface area (Å²) < 4.78 is 57.7. The van der Waals surface area contributed by atoms with Crippen molar-refractivity contribution in [2.45, 2.75) is 18.0 Å². The largest absolute Gasteiger partial charge is 0.497 e. The van der Waals surface area contributed by atoms with Crippen LogP contribution in [0.15, 0.2) is 76.4 Å². The van der Waals surface area contributed by atoms with Crippen molar-refractivity contribution in [2.75, 3.05) is 13.9 Å². The Morgan fingerprint density at radius 3 is 2.51 bits per heavy atom. The molecule has 2 heterocycles. The summed E-state index contributed by atoms with van der Waals surface area (Å²) in [7, 11) is -2.56. The van der Waals surface area contributed by atoms with Crippen LogP contribution in [0.5, 0.6) is 17.2 Å². The summed E-state index contributed by atoms with van der Waals surface area (Å²) in [4.78, 5) is 15.6. The third-order valence-corrected chi connectivity index (χ3v) is 7.53. The number of ether oxygens (including phenoxy) is 3. The van der Waals surface area contributed by atoms with E-state index in [1.54, 1.807) is 42.5 Å². The number of halogens is 1. The minimum absolute atomic E-state index is 0.0452. The zero-order valence-electron chi connectivity index (χ0n) is 18.7. The van der Waals surface area contributed by atoms with Crippen LogP contribution in [0.25, 0.3) is 10.9 Å². The van der Waals surface area contributed by atoms with Gasteiger partial charge >= 0.3 is 0 Å². The van der Waals surface area contributed by atoms with Gasteiger partial charge in [0, 0.05) is 24.7 Å². The van der Waals surface area contributed by atoms with Gasteiger partial charge in [-0.25, -0.2) is 12.8 Å². The molecular weight excluding hydrogens is 475 g/mol. The van der Waals surface area contributed by atoms with Crippen molar-refractivity contribution >= 4 is 20.9 Å². The zero-order chi connectivity index (χ0) is 24.6. The van der Waals surface area contributed by atoms with E-state index in [-0.39, 0.29) is 30.3 Å². The Balaban J connectivity index is 1.55. The number of benzene rings is 3. The predicted octanol–water partition coefficient (Wildman–Crippen LogP) is 3.80. The summed E-state index contributed by atoms with van der Waals surface area (Å²) in [5.41, 5.74) is 1.05. The summed E-state index contributed by atoms with van der Waals surface area (Å²) in [6.07, 6.45) is 0. The molecule has 0 aliphatic carbocycles. The molecule has 0 unspecified atom stereocenters. The van der Waals surface area contributed by atoms with E-state index >= 15 is 0 Å². The molecule has 180 valence electrons. The molecule has 3 aromatic carbocycles. The van der Waals surface area contributed by atoms with Gasteiger partial charge in [-0.05, 0) is 65.5 Å². The van der Waals surface area contributed by atoms with Gasteiger partial charge in [-0.15, -0.1) is 0 Å². The number of sulfonamides is 1. The first-order valence-corrected chi connectivity index (χ1v) is 12.1. The number of fused-ring (bicyclic) bond motifs is 2. The molecular formula is C25H21FN2O6S. The molecule has 1 aliphatic rings. The molecule has 1 N–H and O–H groups in total. The van der Waals surface area contributed by atoms with Gasteiger partial charge < -0.3 is 19.2 Å². The van der Waals surface area contributed by atoms with Crippen LogP contribution >= 0.6 is 0 Å². The molecule has 0 saturated carbocycles. The Kier molecular flexibility index (Phi) is 5.91. The van der Waals surface area contributed by atoms with E-state index in [2.05, 4.69) is 4.98 Å². The van der Waals surface area contributed by atoms with Crippen molar-refractivity contribution < 1.29 is 27.0 Å². The van der Waals surface area contributed by atoms with Crippen molar-refractivity contribution in [2.24, 2.45) is 0 Å². The van der Waals surface area contributed by atoms with Gasteiger partial charge in [0.25, 0.3) is 5.56 Å². The van der Waals surface area contributed by atoms with Gasteiger partial charge in [0.15, 0.2) is 11.5 Å². The van der Waals surface area contributed by atoms with Crippen LogP contribution in [0.2, 0.25) is 0 Å². The van der Waals surface area contributed by atoms with Crippen LogP contribution in [0.3, 0.4) is 0 Å². The van der Waals surface area contributed by atoms with E-state index < -0.39 is 21.4 Å². The molecule has 10 heteroatoms. The fraction of sp³-hybridized carbons (Fsp3) is 0.160. The number of aromatic amines is 1. The lowest BCUT2D eigenvalue weighted by Crippen LogP contribution is -2.32. The Morgan fingerprint density at radius 2 is 1.74 bits per heavy atom. The van der Waals surface area contributed by atoms with Crippen LogP contribution in [0, 0.1) is 5.82 Å². The van der Waals surface area contributed by atoms with Crippen LogP contribution in [0.1, 0.15) is 11.1 Å². The average molecular weight is 497 g/mol. The number of rotatable bonds is 7. The SMILES string of the molecule is COc1ccc2cc(CN(Cc3ccc4c(c3)OCO4)S(=O)(=O)c3ccc(F)cc3)c(=O)[nH]c2c1. The Morgan fingerprint density at radius 1 is 0.971 bits per heavy atom. The smallest absolute Gasteiger partial charge is 0.252 e. The van der Waals surface area contributed by atoms with E-state index in [0.29, 0.717) is 28.3 Å². The Hall–Kier alpha value is -3.89. The standard InChI is InChI=1S/C25H21FN2O6S/c1-32-20-6-3-17-11-18(25(29)27-22(17)12-20)14-28(35(30,31)21-7-4-19(26)5-8-21)13-16-2-9-23-24(10-16)34-15-33-23/h2-12H,13-15H2,1H3,(H,27,29). The minimum atomic E-state index is -4.09. The van der Waals surface area contributed by atoms with Crippen molar-refractivity contribution in [1.29, 1.82) is 0 Å². The molecule has 4 aromatic rings. The van der Waals surface area contributed by atoms with Crippen molar-refractivity contribution in [3.63, 3.8) is 0 Å². The second-order valence-electron chi connectivity index (χ2n) is 7.99. The number of methoxy groups -OCH3 is 1. The molecule has 0 amide bonds. The molecule has 8 nitrogen and oxygen atoms in total. The van der Waals surface area contributed by atoms with Gasteiger partial charge in [0.05, 0.1) is 17.5 Å². The summed E-state index contributed by atoms with van der Waals surface area (Å²) >= 11 is 0. The third-order valence-electron chi connectivity index (χ3n) is 5.72. The second kappa shape index (κ2) is 9.05. The molecule has 0 spiro atoms. The highest BCUT2D eigenvalue weighted by Crippen LogP contribution is 2.33. The van der Waals surface area contributed by atoms with E-state index in [9.17, 15) is 17.6 Å². The highest BCUT2D eigenvalue weighted by atomic mass is 32.2. The summed E-state index contributed by atoms with van der Waals surface area (Å²) in [5.74, 6) is 1.12. The lowest BCUT2D eigenvalue weighted by Gasteiger charge is -2.22. The predicted molar refractivity (Wildman–Crippen MR) is 127 cm³/mol. The Labute approximate surface area is 200 Å². The minimum Gasteiger partial charge on any atom is -0.497 e. The average Bonchev–Trinajstić information content (AvgIpc) is 3.32. The molecule has 0 bridgehead atoms. The maximum absolute atomic E-state index is 13.6. The van der Waals surface area contributed by atoms with Crippen LogP contribution in [-0.2, 0) is 23.1 Å². The lowest BCUT2D eigenvalue weighted by atomic mass is 10.1. The molecule has 0 radical (unpaired) electrons. The number of nitrogens with zero attached hydrogens (tertiary/aromatic N) is 1. The zero-order valence-corrected chi connectivity index (χ0v) is 19.5. The highest BCUT2D eigenvalue weighted by molar-refractivity contribution is 7.89. The lowest BCUT2D eigenvalue weighted by molar-refractivity contribution is 0.174. The molecule has 5 rings (SSSR count). The van der Waals surface area contributed by atoms with Gasteiger partial charge in [-0.1, -0.05) is 6.07 Å².